The largest absolute Gasteiger partial charge is 0.350 e. The number of amides is 3. The lowest BCUT2D eigenvalue weighted by molar-refractivity contribution is -0.133. The van der Waals surface area contributed by atoms with E-state index in [2.05, 4.69) is 10.4 Å². The van der Waals surface area contributed by atoms with E-state index in [1.54, 1.807) is 46.3 Å². The van der Waals surface area contributed by atoms with Crippen molar-refractivity contribution in [2.24, 2.45) is 0 Å². The van der Waals surface area contributed by atoms with Crippen molar-refractivity contribution in [1.82, 2.24) is 24.0 Å². The number of carbonyl (C=O) groups is 2. The fourth-order valence-electron chi connectivity index (χ4n) is 3.33. The molecule has 9 nitrogen and oxygen atoms in total. The van der Waals surface area contributed by atoms with Gasteiger partial charge in [-0.1, -0.05) is 23.7 Å². The molecule has 0 unspecified atom stereocenters. The van der Waals surface area contributed by atoms with Gasteiger partial charge in [-0.2, -0.15) is 0 Å². The van der Waals surface area contributed by atoms with Crippen LogP contribution in [0.15, 0.2) is 47.4 Å². The summed E-state index contributed by atoms with van der Waals surface area (Å²) in [5.74, 6) is -0.203. The normalized spacial score (nSPS) is 14.2. The highest BCUT2D eigenvalue weighted by molar-refractivity contribution is 6.31. The van der Waals surface area contributed by atoms with Crippen molar-refractivity contribution in [3.8, 4) is 0 Å². The summed E-state index contributed by atoms with van der Waals surface area (Å²) in [5.41, 5.74) is 1.70. The van der Waals surface area contributed by atoms with Crippen LogP contribution in [-0.4, -0.2) is 62.1 Å². The summed E-state index contributed by atoms with van der Waals surface area (Å²) >= 11 is 6.10. The maximum atomic E-state index is 12.6. The van der Waals surface area contributed by atoms with E-state index >= 15 is 0 Å². The Kier molecular flexibility index (Phi) is 5.45. The van der Waals surface area contributed by atoms with Crippen LogP contribution >= 0.6 is 11.6 Å². The Balaban J connectivity index is 1.33. The molecule has 3 amide bonds. The lowest BCUT2D eigenvalue weighted by atomic mass is 10.2. The highest BCUT2D eigenvalue weighted by Gasteiger charge is 2.25. The van der Waals surface area contributed by atoms with Gasteiger partial charge in [-0.05, 0) is 36.8 Å². The quantitative estimate of drug-likeness (QED) is 0.689. The van der Waals surface area contributed by atoms with Crippen LogP contribution in [0.4, 0.5) is 10.5 Å². The van der Waals surface area contributed by atoms with Crippen molar-refractivity contribution in [2.45, 2.75) is 13.5 Å². The SMILES string of the molecule is Cc1ccc(NC(=O)N2CCN(C(=O)Cn3nc4ccccn4c3=O)CC2)cc1Cl. The first kappa shape index (κ1) is 20.0. The molecule has 4 rings (SSSR count). The molecule has 1 fully saturated rings. The van der Waals surface area contributed by atoms with Crippen molar-refractivity contribution in [3.05, 3.63) is 63.7 Å². The van der Waals surface area contributed by atoms with Crippen LogP contribution < -0.4 is 11.0 Å². The number of pyridine rings is 1. The summed E-state index contributed by atoms with van der Waals surface area (Å²) in [5, 5.41) is 7.60. The van der Waals surface area contributed by atoms with Gasteiger partial charge in [0.05, 0.1) is 0 Å². The Bertz CT molecular complexity index is 1160. The Morgan fingerprint density at radius 3 is 2.53 bits per heavy atom. The first-order valence-electron chi connectivity index (χ1n) is 9.56. The molecule has 0 spiro atoms. The number of nitrogens with zero attached hydrogens (tertiary/aromatic N) is 5. The number of carbonyl (C=O) groups excluding carboxylic acids is 2. The average Bonchev–Trinajstić information content (AvgIpc) is 3.06. The Hall–Kier alpha value is -3.33. The van der Waals surface area contributed by atoms with Gasteiger partial charge in [-0.3, -0.25) is 9.20 Å². The predicted molar refractivity (Wildman–Crippen MR) is 113 cm³/mol. The number of nitrogens with one attached hydrogen (secondary N) is 1. The van der Waals surface area contributed by atoms with Gasteiger partial charge in [-0.15, -0.1) is 5.10 Å². The van der Waals surface area contributed by atoms with E-state index in [1.165, 1.54) is 4.40 Å². The monoisotopic (exact) mass is 428 g/mol. The lowest BCUT2D eigenvalue weighted by Crippen LogP contribution is -2.52. The molecular weight excluding hydrogens is 408 g/mol. The van der Waals surface area contributed by atoms with Crippen LogP contribution in [0.5, 0.6) is 0 Å². The minimum absolute atomic E-state index is 0.130. The van der Waals surface area contributed by atoms with Gasteiger partial charge >= 0.3 is 11.7 Å². The summed E-state index contributed by atoms with van der Waals surface area (Å²) in [6.07, 6.45) is 1.62. The average molecular weight is 429 g/mol. The summed E-state index contributed by atoms with van der Waals surface area (Å²) < 4.78 is 2.56. The first-order valence-corrected chi connectivity index (χ1v) is 9.94. The number of hydrogen-bond donors (Lipinski definition) is 1. The molecule has 0 aliphatic carbocycles. The van der Waals surface area contributed by atoms with Crippen LogP contribution in [0.1, 0.15) is 5.56 Å². The fraction of sp³-hybridized carbons (Fsp3) is 0.300. The third-order valence-electron chi connectivity index (χ3n) is 5.12. The van der Waals surface area contributed by atoms with Crippen molar-refractivity contribution < 1.29 is 9.59 Å². The molecule has 0 saturated carbocycles. The number of rotatable bonds is 3. The molecule has 1 saturated heterocycles. The summed E-state index contributed by atoms with van der Waals surface area (Å²) in [4.78, 5) is 40.7. The molecule has 1 N–H and O–H groups in total. The summed E-state index contributed by atoms with van der Waals surface area (Å²) in [7, 11) is 0. The minimum atomic E-state index is -0.353. The second kappa shape index (κ2) is 8.19. The van der Waals surface area contributed by atoms with E-state index in [0.29, 0.717) is 42.5 Å². The van der Waals surface area contributed by atoms with Crippen LogP contribution in [0, 0.1) is 6.92 Å². The predicted octanol–water partition coefficient (Wildman–Crippen LogP) is 1.83. The zero-order chi connectivity index (χ0) is 21.3. The van der Waals surface area contributed by atoms with Crippen LogP contribution in [0.2, 0.25) is 5.02 Å². The Labute approximate surface area is 177 Å². The van der Waals surface area contributed by atoms with Gasteiger partial charge in [0, 0.05) is 43.1 Å². The molecule has 2 aromatic heterocycles. The molecule has 0 bridgehead atoms. The number of halogens is 1. The number of hydrogen-bond acceptors (Lipinski definition) is 4. The zero-order valence-corrected chi connectivity index (χ0v) is 17.2. The van der Waals surface area contributed by atoms with E-state index < -0.39 is 0 Å². The van der Waals surface area contributed by atoms with Crippen LogP contribution in [-0.2, 0) is 11.3 Å². The van der Waals surface area contributed by atoms with Gasteiger partial charge in [0.1, 0.15) is 6.54 Å². The number of urea groups is 1. The molecule has 0 atom stereocenters. The molecule has 10 heteroatoms. The highest BCUT2D eigenvalue weighted by Crippen LogP contribution is 2.20. The topological polar surface area (TPSA) is 91.9 Å². The number of fused-ring (bicyclic) bond motifs is 1. The smallest absolute Gasteiger partial charge is 0.338 e. The molecule has 30 heavy (non-hydrogen) atoms. The third kappa shape index (κ3) is 4.02. The van der Waals surface area contributed by atoms with Crippen LogP contribution in [0.3, 0.4) is 0 Å². The van der Waals surface area contributed by atoms with Gasteiger partial charge in [0.25, 0.3) is 0 Å². The molecule has 0 radical (unpaired) electrons. The van der Waals surface area contributed by atoms with E-state index in [0.717, 1.165) is 10.2 Å². The van der Waals surface area contributed by atoms with Gasteiger partial charge in [0.2, 0.25) is 5.91 Å². The molecule has 1 aromatic carbocycles. The second-order valence-electron chi connectivity index (χ2n) is 7.13. The van der Waals surface area contributed by atoms with E-state index in [4.69, 9.17) is 11.6 Å². The standard InChI is InChI=1S/C20H21ClN6O3/c1-14-5-6-15(12-16(14)21)22-19(29)25-10-8-24(9-11-25)18(28)13-27-20(30)26-7-3-2-4-17(26)23-27/h2-7,12H,8-11,13H2,1H3,(H,22,29). The number of aromatic nitrogens is 3. The van der Waals surface area contributed by atoms with E-state index in [-0.39, 0.29) is 24.2 Å². The Morgan fingerprint density at radius 2 is 1.83 bits per heavy atom. The van der Waals surface area contributed by atoms with Gasteiger partial charge in [0.15, 0.2) is 5.65 Å². The number of anilines is 1. The summed E-state index contributed by atoms with van der Waals surface area (Å²) in [6, 6.07) is 10.3. The number of aryl methyl sites for hydroxylation is 1. The molecule has 1 aliphatic rings. The Morgan fingerprint density at radius 1 is 1.10 bits per heavy atom. The van der Waals surface area contributed by atoms with E-state index in [9.17, 15) is 14.4 Å². The van der Waals surface area contributed by atoms with E-state index in [1.807, 2.05) is 13.0 Å². The molecule has 1 aliphatic heterocycles. The molecule has 3 aromatic rings. The zero-order valence-electron chi connectivity index (χ0n) is 16.4. The van der Waals surface area contributed by atoms with Crippen LogP contribution in [0.25, 0.3) is 5.65 Å². The van der Waals surface area contributed by atoms with Crippen molar-refractivity contribution in [2.75, 3.05) is 31.5 Å². The maximum Gasteiger partial charge on any atom is 0.350 e. The van der Waals surface area contributed by atoms with Crippen molar-refractivity contribution >= 4 is 34.9 Å². The highest BCUT2D eigenvalue weighted by atomic mass is 35.5. The van der Waals surface area contributed by atoms with Crippen molar-refractivity contribution in [3.63, 3.8) is 0 Å². The van der Waals surface area contributed by atoms with Crippen molar-refractivity contribution in [1.29, 1.82) is 0 Å². The molecular formula is C20H21ClN6O3. The first-order chi connectivity index (χ1) is 14.4. The minimum Gasteiger partial charge on any atom is -0.338 e. The summed E-state index contributed by atoms with van der Waals surface area (Å²) in [6.45, 7) is 3.35. The number of benzene rings is 1. The third-order valence-corrected chi connectivity index (χ3v) is 5.52. The molecule has 156 valence electrons. The fourth-order valence-corrected chi connectivity index (χ4v) is 3.51. The lowest BCUT2D eigenvalue weighted by Gasteiger charge is -2.34. The molecule has 3 heterocycles. The second-order valence-corrected chi connectivity index (χ2v) is 7.54. The maximum absolute atomic E-state index is 12.6. The van der Waals surface area contributed by atoms with Gasteiger partial charge in [-0.25, -0.2) is 14.3 Å². The van der Waals surface area contributed by atoms with Gasteiger partial charge < -0.3 is 15.1 Å². The number of piperazine rings is 1.